The fourth-order valence-electron chi connectivity index (χ4n) is 1.75. The maximum absolute atomic E-state index is 12.1. The van der Waals surface area contributed by atoms with Gasteiger partial charge >= 0.3 is 12.0 Å². The van der Waals surface area contributed by atoms with Crippen molar-refractivity contribution in [1.82, 2.24) is 9.80 Å². The van der Waals surface area contributed by atoms with Crippen molar-refractivity contribution < 1.29 is 14.7 Å². The van der Waals surface area contributed by atoms with Crippen molar-refractivity contribution in [3.05, 3.63) is 0 Å². The predicted octanol–water partition coefficient (Wildman–Crippen LogP) is 2.27. The number of carbonyl (C=O) groups is 2. The number of urea groups is 1. The maximum atomic E-state index is 12.1. The SMILES string of the molecule is CCCCCN(C)C(=O)N(CC(=O)O)CC(C)C. The molecular weight excluding hydrogens is 232 g/mol. The summed E-state index contributed by atoms with van der Waals surface area (Å²) in [6.07, 6.45) is 3.15. The molecule has 0 rings (SSSR count). The molecule has 1 N–H and O–H groups in total. The number of carboxylic acids is 1. The van der Waals surface area contributed by atoms with Crippen molar-refractivity contribution in [1.29, 1.82) is 0 Å². The molecule has 0 radical (unpaired) electrons. The molecule has 0 atom stereocenters. The number of nitrogens with zero attached hydrogens (tertiary/aromatic N) is 2. The first-order chi connectivity index (χ1) is 8.38. The van der Waals surface area contributed by atoms with Crippen molar-refractivity contribution in [2.75, 3.05) is 26.7 Å². The summed E-state index contributed by atoms with van der Waals surface area (Å²) in [5, 5.41) is 8.83. The van der Waals surface area contributed by atoms with E-state index in [9.17, 15) is 9.59 Å². The largest absolute Gasteiger partial charge is 0.480 e. The highest BCUT2D eigenvalue weighted by Gasteiger charge is 2.20. The monoisotopic (exact) mass is 258 g/mol. The van der Waals surface area contributed by atoms with Gasteiger partial charge in [0, 0.05) is 20.1 Å². The lowest BCUT2D eigenvalue weighted by molar-refractivity contribution is -0.137. The summed E-state index contributed by atoms with van der Waals surface area (Å²) < 4.78 is 0. The molecule has 0 aromatic heterocycles. The maximum Gasteiger partial charge on any atom is 0.323 e. The van der Waals surface area contributed by atoms with E-state index in [2.05, 4.69) is 6.92 Å². The van der Waals surface area contributed by atoms with Gasteiger partial charge in [-0.2, -0.15) is 0 Å². The molecule has 2 amide bonds. The Hall–Kier alpha value is -1.26. The summed E-state index contributed by atoms with van der Waals surface area (Å²) in [5.74, 6) is -0.705. The minimum Gasteiger partial charge on any atom is -0.480 e. The van der Waals surface area contributed by atoms with Gasteiger partial charge in [0.15, 0.2) is 0 Å². The smallest absolute Gasteiger partial charge is 0.323 e. The molecule has 0 spiro atoms. The average Bonchev–Trinajstić information content (AvgIpc) is 2.26. The van der Waals surface area contributed by atoms with Crippen molar-refractivity contribution >= 4 is 12.0 Å². The van der Waals surface area contributed by atoms with E-state index in [0.29, 0.717) is 13.1 Å². The van der Waals surface area contributed by atoms with Crippen LogP contribution < -0.4 is 0 Å². The Morgan fingerprint density at radius 3 is 2.28 bits per heavy atom. The van der Waals surface area contributed by atoms with Crippen molar-refractivity contribution in [3.8, 4) is 0 Å². The lowest BCUT2D eigenvalue weighted by Gasteiger charge is -2.28. The highest BCUT2D eigenvalue weighted by atomic mass is 16.4. The zero-order valence-electron chi connectivity index (χ0n) is 12.0. The Bertz CT molecular complexity index is 267. The second-order valence-electron chi connectivity index (χ2n) is 5.08. The number of hydrogen-bond donors (Lipinski definition) is 1. The van der Waals surface area contributed by atoms with Crippen LogP contribution in [-0.2, 0) is 4.79 Å². The van der Waals surface area contributed by atoms with E-state index in [4.69, 9.17) is 5.11 Å². The molecule has 0 aliphatic rings. The minimum atomic E-state index is -0.967. The number of unbranched alkanes of at least 4 members (excludes halogenated alkanes) is 2. The minimum absolute atomic E-state index is 0.192. The molecule has 0 heterocycles. The van der Waals surface area contributed by atoms with Gasteiger partial charge in [-0.15, -0.1) is 0 Å². The fraction of sp³-hybridized carbons (Fsp3) is 0.846. The molecule has 0 fully saturated rings. The second-order valence-corrected chi connectivity index (χ2v) is 5.08. The third kappa shape index (κ3) is 7.14. The molecule has 0 aromatic rings. The molecule has 18 heavy (non-hydrogen) atoms. The van der Waals surface area contributed by atoms with Gasteiger partial charge in [0.05, 0.1) is 0 Å². The van der Waals surface area contributed by atoms with Crippen LogP contribution in [0.1, 0.15) is 40.0 Å². The van der Waals surface area contributed by atoms with E-state index < -0.39 is 5.97 Å². The van der Waals surface area contributed by atoms with Crippen LogP contribution in [-0.4, -0.2) is 53.6 Å². The Balaban J connectivity index is 4.38. The van der Waals surface area contributed by atoms with Gasteiger partial charge in [0.1, 0.15) is 6.54 Å². The Morgan fingerprint density at radius 1 is 1.22 bits per heavy atom. The molecule has 0 aliphatic carbocycles. The summed E-state index contributed by atoms with van der Waals surface area (Å²) in [5.41, 5.74) is 0. The molecule has 5 nitrogen and oxygen atoms in total. The molecule has 0 aromatic carbocycles. The first-order valence-electron chi connectivity index (χ1n) is 6.60. The van der Waals surface area contributed by atoms with Gasteiger partial charge < -0.3 is 14.9 Å². The highest BCUT2D eigenvalue weighted by molar-refractivity contribution is 5.80. The van der Waals surface area contributed by atoms with Crippen LogP contribution in [0, 0.1) is 5.92 Å². The van der Waals surface area contributed by atoms with Crippen LogP contribution in [0.15, 0.2) is 0 Å². The molecule has 0 bridgehead atoms. The molecule has 0 saturated heterocycles. The summed E-state index contributed by atoms with van der Waals surface area (Å²) >= 11 is 0. The molecule has 0 aliphatic heterocycles. The van der Waals surface area contributed by atoms with Gasteiger partial charge in [-0.3, -0.25) is 4.79 Å². The van der Waals surface area contributed by atoms with Crippen LogP contribution in [0.5, 0.6) is 0 Å². The van der Waals surface area contributed by atoms with Gasteiger partial charge in [-0.05, 0) is 12.3 Å². The molecule has 106 valence electrons. The quantitative estimate of drug-likeness (QED) is 0.679. The van der Waals surface area contributed by atoms with Crippen molar-refractivity contribution in [2.45, 2.75) is 40.0 Å². The van der Waals surface area contributed by atoms with Crippen LogP contribution in [0.25, 0.3) is 0 Å². The van der Waals surface area contributed by atoms with E-state index in [1.54, 1.807) is 11.9 Å². The standard InChI is InChI=1S/C13H26N2O3/c1-5-6-7-8-14(4)13(18)15(9-11(2)3)10-12(16)17/h11H,5-10H2,1-4H3,(H,16,17). The molecule has 0 saturated carbocycles. The summed E-state index contributed by atoms with van der Waals surface area (Å²) in [6.45, 7) is 6.98. The number of carboxylic acid groups (broad SMARTS) is 1. The average molecular weight is 258 g/mol. The van der Waals surface area contributed by atoms with E-state index in [1.165, 1.54) is 4.90 Å². The van der Waals surface area contributed by atoms with Crippen molar-refractivity contribution in [3.63, 3.8) is 0 Å². The van der Waals surface area contributed by atoms with Crippen LogP contribution in [0.4, 0.5) is 4.79 Å². The number of rotatable bonds is 8. The third-order valence-corrected chi connectivity index (χ3v) is 2.61. The first kappa shape index (κ1) is 16.7. The topological polar surface area (TPSA) is 60.9 Å². The second kappa shape index (κ2) is 8.78. The molecule has 0 unspecified atom stereocenters. The summed E-state index contributed by atoms with van der Waals surface area (Å²) in [7, 11) is 1.73. The predicted molar refractivity (Wildman–Crippen MR) is 71.6 cm³/mol. The number of carbonyl (C=O) groups excluding carboxylic acids is 1. The third-order valence-electron chi connectivity index (χ3n) is 2.61. The Labute approximate surface area is 110 Å². The summed E-state index contributed by atoms with van der Waals surface area (Å²) in [6, 6.07) is -0.192. The van der Waals surface area contributed by atoms with Gasteiger partial charge in [-0.25, -0.2) is 4.79 Å². The van der Waals surface area contributed by atoms with Gasteiger partial charge in [0.2, 0.25) is 0 Å². The summed E-state index contributed by atoms with van der Waals surface area (Å²) in [4.78, 5) is 25.9. The Morgan fingerprint density at radius 2 is 1.83 bits per heavy atom. The molecular formula is C13H26N2O3. The van der Waals surface area contributed by atoms with Crippen LogP contribution >= 0.6 is 0 Å². The number of hydrogen-bond acceptors (Lipinski definition) is 2. The first-order valence-corrected chi connectivity index (χ1v) is 6.60. The number of amides is 2. The van der Waals surface area contributed by atoms with E-state index in [-0.39, 0.29) is 18.5 Å². The normalized spacial score (nSPS) is 10.5. The van der Waals surface area contributed by atoms with Gasteiger partial charge in [0.25, 0.3) is 0 Å². The van der Waals surface area contributed by atoms with Crippen LogP contribution in [0.2, 0.25) is 0 Å². The zero-order chi connectivity index (χ0) is 14.1. The fourth-order valence-corrected chi connectivity index (χ4v) is 1.75. The van der Waals surface area contributed by atoms with E-state index in [1.807, 2.05) is 13.8 Å². The van der Waals surface area contributed by atoms with E-state index in [0.717, 1.165) is 19.3 Å². The lowest BCUT2D eigenvalue weighted by atomic mass is 10.2. The lowest BCUT2D eigenvalue weighted by Crippen LogP contribution is -2.45. The van der Waals surface area contributed by atoms with Crippen molar-refractivity contribution in [2.24, 2.45) is 5.92 Å². The Kier molecular flexibility index (Phi) is 8.16. The highest BCUT2D eigenvalue weighted by Crippen LogP contribution is 2.05. The zero-order valence-corrected chi connectivity index (χ0v) is 12.0. The number of aliphatic carboxylic acids is 1. The van der Waals surface area contributed by atoms with E-state index >= 15 is 0 Å². The van der Waals surface area contributed by atoms with Crippen LogP contribution in [0.3, 0.4) is 0 Å². The molecule has 5 heteroatoms. The van der Waals surface area contributed by atoms with Gasteiger partial charge in [-0.1, -0.05) is 33.6 Å².